The third kappa shape index (κ3) is 5.73. The number of likely N-dealkylation sites (tertiary alicyclic amines) is 1. The second kappa shape index (κ2) is 12.0. The first-order valence-corrected chi connectivity index (χ1v) is 15.1. The molecule has 0 radical (unpaired) electrons. The molecule has 0 aliphatic carbocycles. The Kier molecular flexibility index (Phi) is 8.45. The predicted molar refractivity (Wildman–Crippen MR) is 157 cm³/mol. The van der Waals surface area contributed by atoms with Gasteiger partial charge in [-0.2, -0.15) is 0 Å². The van der Waals surface area contributed by atoms with Gasteiger partial charge in [-0.05, 0) is 74.6 Å². The highest BCUT2D eigenvalue weighted by Gasteiger charge is 2.35. The summed E-state index contributed by atoms with van der Waals surface area (Å²) >= 11 is 1.81. The molecular weight excluding hydrogens is 522 g/mol. The number of carbonyl (C=O) groups excluding carboxylic acids is 1. The molecule has 1 saturated heterocycles. The number of ether oxygens (including phenoxy) is 1. The number of nitrogens with zero attached hydrogens (tertiary/aromatic N) is 3. The summed E-state index contributed by atoms with van der Waals surface area (Å²) in [5, 5.41) is 9.36. The van der Waals surface area contributed by atoms with Crippen LogP contribution >= 0.6 is 11.3 Å². The van der Waals surface area contributed by atoms with Gasteiger partial charge in [-0.3, -0.25) is 4.79 Å². The SMILES string of the molecule is CCC(c1sc2c(c1C)C(=O)N(Cc1c(C)cc(C)nc1OCc1ccccc1)CC2)C1CCN(C(=O)O)CC1. The molecule has 40 heavy (non-hydrogen) atoms. The first-order valence-electron chi connectivity index (χ1n) is 14.3. The standard InChI is InChI=1S/C32H39N3O4S/c1-5-25(24-11-14-34(15-12-24)32(37)38)29-22(4)28-27(40-29)13-16-35(31(28)36)18-26-20(2)17-21(3)33-30(26)39-19-23-9-7-6-8-10-23/h6-10,17,24-25H,5,11-16,18-19H2,1-4H3,(H,37,38). The minimum atomic E-state index is -0.826. The number of hydrogen-bond acceptors (Lipinski definition) is 5. The lowest BCUT2D eigenvalue weighted by atomic mass is 9.80. The third-order valence-corrected chi connectivity index (χ3v) is 10.0. The first-order chi connectivity index (χ1) is 19.3. The monoisotopic (exact) mass is 561 g/mol. The Bertz CT molecular complexity index is 1380. The van der Waals surface area contributed by atoms with Gasteiger partial charge in [0.25, 0.3) is 5.91 Å². The zero-order valence-corrected chi connectivity index (χ0v) is 24.7. The third-order valence-electron chi connectivity index (χ3n) is 8.53. The number of carboxylic acid groups (broad SMARTS) is 1. The van der Waals surface area contributed by atoms with Crippen LogP contribution < -0.4 is 4.74 Å². The van der Waals surface area contributed by atoms with Crippen LogP contribution in [0, 0.1) is 26.7 Å². The molecule has 3 aromatic rings. The van der Waals surface area contributed by atoms with Crippen molar-refractivity contribution in [3.8, 4) is 5.88 Å². The van der Waals surface area contributed by atoms with Crippen molar-refractivity contribution in [3.63, 3.8) is 0 Å². The number of carbonyl (C=O) groups is 2. The highest BCUT2D eigenvalue weighted by Crippen LogP contribution is 2.44. The van der Waals surface area contributed by atoms with Gasteiger partial charge in [0.1, 0.15) is 6.61 Å². The fourth-order valence-corrected chi connectivity index (χ4v) is 7.90. The van der Waals surface area contributed by atoms with Gasteiger partial charge < -0.3 is 19.6 Å². The zero-order valence-electron chi connectivity index (χ0n) is 23.9. The number of pyridine rings is 1. The molecule has 0 saturated carbocycles. The Balaban J connectivity index is 1.35. The zero-order chi connectivity index (χ0) is 28.4. The molecule has 1 aromatic carbocycles. The van der Waals surface area contributed by atoms with Gasteiger partial charge in [-0.1, -0.05) is 37.3 Å². The van der Waals surface area contributed by atoms with E-state index in [1.165, 1.54) is 14.7 Å². The fraction of sp³-hybridized carbons (Fsp3) is 0.469. The molecule has 0 bridgehead atoms. The van der Waals surface area contributed by atoms with Crippen molar-refractivity contribution in [2.45, 2.75) is 72.4 Å². The molecule has 5 rings (SSSR count). The first kappa shape index (κ1) is 28.1. The van der Waals surface area contributed by atoms with Crippen LogP contribution in [0.3, 0.4) is 0 Å². The van der Waals surface area contributed by atoms with Gasteiger partial charge in [0.15, 0.2) is 0 Å². The molecule has 212 valence electrons. The molecule has 1 atom stereocenters. The van der Waals surface area contributed by atoms with E-state index < -0.39 is 6.09 Å². The van der Waals surface area contributed by atoms with Gasteiger partial charge in [-0.15, -0.1) is 11.3 Å². The highest BCUT2D eigenvalue weighted by atomic mass is 32.1. The van der Waals surface area contributed by atoms with E-state index in [1.807, 2.05) is 53.5 Å². The number of hydrogen-bond donors (Lipinski definition) is 1. The number of aryl methyl sites for hydroxylation is 2. The molecule has 1 unspecified atom stereocenters. The average Bonchev–Trinajstić information content (AvgIpc) is 3.28. The fourth-order valence-electron chi connectivity index (χ4n) is 6.33. The Morgan fingerprint density at radius 2 is 1.88 bits per heavy atom. The second-order valence-electron chi connectivity index (χ2n) is 11.1. The number of benzene rings is 1. The topological polar surface area (TPSA) is 83.0 Å². The maximum Gasteiger partial charge on any atom is 0.407 e. The van der Waals surface area contributed by atoms with Crippen molar-refractivity contribution >= 4 is 23.3 Å². The van der Waals surface area contributed by atoms with Gasteiger partial charge in [0, 0.05) is 47.1 Å². The smallest absolute Gasteiger partial charge is 0.407 e. The molecular formula is C32H39N3O4S. The number of thiophene rings is 1. The molecule has 8 heteroatoms. The Labute approximate surface area is 240 Å². The molecule has 1 N–H and O–H groups in total. The molecule has 1 fully saturated rings. The summed E-state index contributed by atoms with van der Waals surface area (Å²) in [4.78, 5) is 36.0. The molecule has 2 amide bonds. The largest absolute Gasteiger partial charge is 0.473 e. The number of amides is 2. The number of fused-ring (bicyclic) bond motifs is 1. The van der Waals surface area contributed by atoms with Crippen LogP contribution in [0.2, 0.25) is 0 Å². The summed E-state index contributed by atoms with van der Waals surface area (Å²) < 4.78 is 6.21. The second-order valence-corrected chi connectivity index (χ2v) is 12.3. The minimum Gasteiger partial charge on any atom is -0.473 e. The van der Waals surface area contributed by atoms with E-state index in [4.69, 9.17) is 9.72 Å². The van der Waals surface area contributed by atoms with Crippen molar-refractivity contribution in [2.75, 3.05) is 19.6 Å². The van der Waals surface area contributed by atoms with Crippen molar-refractivity contribution in [2.24, 2.45) is 5.92 Å². The summed E-state index contributed by atoms with van der Waals surface area (Å²) in [6, 6.07) is 12.1. The maximum atomic E-state index is 13.9. The van der Waals surface area contributed by atoms with Crippen molar-refractivity contribution < 1.29 is 19.4 Å². The van der Waals surface area contributed by atoms with E-state index in [1.54, 1.807) is 0 Å². The summed E-state index contributed by atoms with van der Waals surface area (Å²) in [6.45, 7) is 11.1. The van der Waals surface area contributed by atoms with Crippen LogP contribution in [0.15, 0.2) is 36.4 Å². The lowest BCUT2D eigenvalue weighted by Crippen LogP contribution is -2.38. The maximum absolute atomic E-state index is 13.9. The molecule has 0 spiro atoms. The summed E-state index contributed by atoms with van der Waals surface area (Å²) in [6.07, 6.45) is 2.76. The number of aromatic nitrogens is 1. The van der Waals surface area contributed by atoms with E-state index in [0.29, 0.717) is 50.5 Å². The number of rotatable bonds is 8. The van der Waals surface area contributed by atoms with Gasteiger partial charge in [0.2, 0.25) is 5.88 Å². The van der Waals surface area contributed by atoms with Crippen LogP contribution in [-0.2, 0) is 19.6 Å². The van der Waals surface area contributed by atoms with Crippen LogP contribution in [0.25, 0.3) is 0 Å². The minimum absolute atomic E-state index is 0.0887. The Morgan fingerprint density at radius 1 is 1.15 bits per heavy atom. The van der Waals surface area contributed by atoms with Crippen LogP contribution in [0.5, 0.6) is 5.88 Å². The van der Waals surface area contributed by atoms with E-state index in [2.05, 4.69) is 26.8 Å². The Morgan fingerprint density at radius 3 is 2.55 bits per heavy atom. The van der Waals surface area contributed by atoms with E-state index in [-0.39, 0.29) is 5.91 Å². The van der Waals surface area contributed by atoms with Gasteiger partial charge in [-0.25, -0.2) is 9.78 Å². The van der Waals surface area contributed by atoms with Crippen molar-refractivity contribution in [1.82, 2.24) is 14.8 Å². The summed E-state index contributed by atoms with van der Waals surface area (Å²) in [5.74, 6) is 1.48. The number of piperidine rings is 1. The molecule has 2 aliphatic heterocycles. The van der Waals surface area contributed by atoms with Crippen molar-refractivity contribution in [1.29, 1.82) is 0 Å². The Hall–Kier alpha value is -3.39. The molecule has 2 aromatic heterocycles. The van der Waals surface area contributed by atoms with Crippen LogP contribution in [0.1, 0.15) is 80.2 Å². The normalized spacial score (nSPS) is 16.6. The van der Waals surface area contributed by atoms with E-state index >= 15 is 0 Å². The summed E-state index contributed by atoms with van der Waals surface area (Å²) in [5.41, 5.74) is 6.00. The molecule has 4 heterocycles. The summed E-state index contributed by atoms with van der Waals surface area (Å²) in [7, 11) is 0. The van der Waals surface area contributed by atoms with Crippen LogP contribution in [-0.4, -0.2) is 51.5 Å². The van der Waals surface area contributed by atoms with Gasteiger partial charge in [0.05, 0.1) is 12.1 Å². The van der Waals surface area contributed by atoms with E-state index in [0.717, 1.165) is 59.2 Å². The molecule has 2 aliphatic rings. The van der Waals surface area contributed by atoms with Gasteiger partial charge >= 0.3 is 6.09 Å². The van der Waals surface area contributed by atoms with E-state index in [9.17, 15) is 14.7 Å². The highest BCUT2D eigenvalue weighted by molar-refractivity contribution is 7.12. The molecule has 7 nitrogen and oxygen atoms in total. The lowest BCUT2D eigenvalue weighted by molar-refractivity contribution is 0.0725. The lowest BCUT2D eigenvalue weighted by Gasteiger charge is -2.34. The predicted octanol–water partition coefficient (Wildman–Crippen LogP) is 6.73. The van der Waals surface area contributed by atoms with Crippen LogP contribution in [0.4, 0.5) is 4.79 Å². The van der Waals surface area contributed by atoms with Crippen molar-refractivity contribution in [3.05, 3.63) is 79.7 Å². The average molecular weight is 562 g/mol. The quantitative estimate of drug-likeness (QED) is 0.330.